The van der Waals surface area contributed by atoms with E-state index in [1.165, 1.54) is 24.3 Å². The highest BCUT2D eigenvalue weighted by molar-refractivity contribution is 5.90. The third-order valence-corrected chi connectivity index (χ3v) is 1.47. The van der Waals surface area contributed by atoms with Crippen LogP contribution in [0, 0.1) is 0 Å². The monoisotopic (exact) mass is 206 g/mol. The molecule has 4 N–H and O–H groups in total. The molecule has 0 saturated heterocycles. The molecular formula is C10H10N2O3. The molecule has 15 heavy (non-hydrogen) atoms. The van der Waals surface area contributed by atoms with Gasteiger partial charge in [-0.15, -0.1) is 0 Å². The van der Waals surface area contributed by atoms with Crippen molar-refractivity contribution in [2.45, 2.75) is 0 Å². The van der Waals surface area contributed by atoms with Crippen LogP contribution in [0.15, 0.2) is 28.7 Å². The van der Waals surface area contributed by atoms with Crippen molar-refractivity contribution in [1.82, 2.24) is 0 Å². The third kappa shape index (κ3) is 3.95. The van der Waals surface area contributed by atoms with E-state index in [-0.39, 0.29) is 0 Å². The molecular weight excluding hydrogens is 196 g/mol. The fraction of sp³-hybridized carbons (Fsp3) is 0. The van der Waals surface area contributed by atoms with Crippen molar-refractivity contribution in [2.75, 3.05) is 0 Å². The Bertz CT molecular complexity index is 391. The van der Waals surface area contributed by atoms with Crippen LogP contribution in [0.5, 0.6) is 0 Å². The molecule has 0 aliphatic rings. The van der Waals surface area contributed by atoms with Crippen LogP contribution in [-0.2, 0) is 9.59 Å². The summed E-state index contributed by atoms with van der Waals surface area (Å²) in [6.45, 7) is 0. The molecule has 0 spiro atoms. The van der Waals surface area contributed by atoms with Gasteiger partial charge in [-0.3, -0.25) is 9.59 Å². The summed E-state index contributed by atoms with van der Waals surface area (Å²) >= 11 is 0. The predicted octanol–water partition coefficient (Wildman–Crippen LogP) is 0.277. The Morgan fingerprint density at radius 3 is 1.73 bits per heavy atom. The molecule has 0 atom stereocenters. The van der Waals surface area contributed by atoms with E-state index in [1.807, 2.05) is 0 Å². The molecule has 0 radical (unpaired) electrons. The average molecular weight is 206 g/mol. The molecule has 0 fully saturated rings. The summed E-state index contributed by atoms with van der Waals surface area (Å²) in [4.78, 5) is 20.8. The molecule has 0 aromatic carbocycles. The van der Waals surface area contributed by atoms with Gasteiger partial charge in [0.2, 0.25) is 11.8 Å². The molecule has 0 saturated carbocycles. The molecule has 0 unspecified atom stereocenters. The van der Waals surface area contributed by atoms with E-state index >= 15 is 0 Å². The second kappa shape index (κ2) is 4.80. The summed E-state index contributed by atoms with van der Waals surface area (Å²) in [5.74, 6) is -0.169. The zero-order chi connectivity index (χ0) is 11.3. The molecule has 5 heteroatoms. The number of hydrogen-bond acceptors (Lipinski definition) is 3. The summed E-state index contributed by atoms with van der Waals surface area (Å²) in [6.07, 6.45) is 5.23. The number of primary amides is 2. The summed E-state index contributed by atoms with van der Waals surface area (Å²) in [6, 6.07) is 3.28. The Labute approximate surface area is 86.0 Å². The number of rotatable bonds is 4. The molecule has 2 amide bonds. The zero-order valence-electron chi connectivity index (χ0n) is 7.84. The van der Waals surface area contributed by atoms with Gasteiger partial charge in [0.1, 0.15) is 11.5 Å². The maximum absolute atomic E-state index is 10.4. The predicted molar refractivity (Wildman–Crippen MR) is 55.2 cm³/mol. The van der Waals surface area contributed by atoms with E-state index in [1.54, 1.807) is 12.1 Å². The number of carbonyl (C=O) groups excluding carboxylic acids is 2. The van der Waals surface area contributed by atoms with Crippen molar-refractivity contribution in [2.24, 2.45) is 11.5 Å². The van der Waals surface area contributed by atoms with E-state index in [4.69, 9.17) is 15.9 Å². The minimum Gasteiger partial charge on any atom is -0.457 e. The first-order valence-corrected chi connectivity index (χ1v) is 4.13. The van der Waals surface area contributed by atoms with Gasteiger partial charge >= 0.3 is 0 Å². The SMILES string of the molecule is NC(=O)/C=C/c1ccc(/C=C/C(N)=O)o1. The fourth-order valence-corrected chi connectivity index (χ4v) is 0.876. The highest BCUT2D eigenvalue weighted by Gasteiger charge is 1.96. The zero-order valence-corrected chi connectivity index (χ0v) is 7.84. The van der Waals surface area contributed by atoms with Crippen molar-refractivity contribution in [3.63, 3.8) is 0 Å². The van der Waals surface area contributed by atoms with Gasteiger partial charge in [-0.1, -0.05) is 0 Å². The van der Waals surface area contributed by atoms with E-state index in [0.29, 0.717) is 11.5 Å². The first-order valence-electron chi connectivity index (χ1n) is 4.13. The summed E-state index contributed by atoms with van der Waals surface area (Å²) in [5, 5.41) is 0. The van der Waals surface area contributed by atoms with Gasteiger partial charge in [0.05, 0.1) is 0 Å². The van der Waals surface area contributed by atoms with Crippen LogP contribution in [0.25, 0.3) is 12.2 Å². The van der Waals surface area contributed by atoms with Gasteiger partial charge in [0.25, 0.3) is 0 Å². The van der Waals surface area contributed by atoms with Gasteiger partial charge in [-0.25, -0.2) is 0 Å². The van der Waals surface area contributed by atoms with Crippen LogP contribution >= 0.6 is 0 Å². The number of hydrogen-bond donors (Lipinski definition) is 2. The van der Waals surface area contributed by atoms with Crippen LogP contribution in [0.2, 0.25) is 0 Å². The standard InChI is InChI=1S/C10H10N2O3/c11-9(13)5-3-7-1-2-8(15-7)4-6-10(12)14/h1-6H,(H2,11,13)(H2,12,14)/b5-3+,6-4+. The van der Waals surface area contributed by atoms with Gasteiger partial charge in [0.15, 0.2) is 0 Å². The van der Waals surface area contributed by atoms with Crippen LogP contribution in [-0.4, -0.2) is 11.8 Å². The molecule has 78 valence electrons. The number of carbonyl (C=O) groups is 2. The lowest BCUT2D eigenvalue weighted by Gasteiger charge is -1.85. The topological polar surface area (TPSA) is 99.3 Å². The number of furan rings is 1. The second-order valence-electron chi connectivity index (χ2n) is 2.71. The maximum atomic E-state index is 10.4. The Balaban J connectivity index is 2.72. The fourth-order valence-electron chi connectivity index (χ4n) is 0.876. The smallest absolute Gasteiger partial charge is 0.241 e. The van der Waals surface area contributed by atoms with E-state index < -0.39 is 11.8 Å². The Hall–Kier alpha value is -2.30. The van der Waals surface area contributed by atoms with Crippen LogP contribution in [0.1, 0.15) is 11.5 Å². The van der Waals surface area contributed by atoms with Gasteiger partial charge < -0.3 is 15.9 Å². The second-order valence-corrected chi connectivity index (χ2v) is 2.71. The van der Waals surface area contributed by atoms with Crippen molar-refractivity contribution in [3.8, 4) is 0 Å². The van der Waals surface area contributed by atoms with Crippen LogP contribution in [0.3, 0.4) is 0 Å². The van der Waals surface area contributed by atoms with E-state index in [9.17, 15) is 9.59 Å². The van der Waals surface area contributed by atoms with Gasteiger partial charge in [-0.2, -0.15) is 0 Å². The number of nitrogens with two attached hydrogens (primary N) is 2. The highest BCUT2D eigenvalue weighted by Crippen LogP contribution is 2.10. The minimum absolute atomic E-state index is 0.470. The lowest BCUT2D eigenvalue weighted by atomic mass is 10.3. The largest absolute Gasteiger partial charge is 0.457 e. The van der Waals surface area contributed by atoms with Crippen molar-refractivity contribution in [1.29, 1.82) is 0 Å². The lowest BCUT2D eigenvalue weighted by Crippen LogP contribution is -2.05. The molecule has 5 nitrogen and oxygen atoms in total. The minimum atomic E-state index is -0.555. The molecule has 1 aromatic heterocycles. The van der Waals surface area contributed by atoms with Crippen LogP contribution < -0.4 is 11.5 Å². The quantitative estimate of drug-likeness (QED) is 0.692. The lowest BCUT2D eigenvalue weighted by molar-refractivity contribution is -0.114. The Morgan fingerprint density at radius 1 is 1.00 bits per heavy atom. The Kier molecular flexibility index (Phi) is 3.45. The number of amides is 2. The molecule has 0 aliphatic heterocycles. The average Bonchev–Trinajstić information content (AvgIpc) is 2.59. The van der Waals surface area contributed by atoms with Crippen molar-refractivity contribution < 1.29 is 14.0 Å². The first kappa shape index (κ1) is 10.8. The summed E-state index contributed by atoms with van der Waals surface area (Å²) in [7, 11) is 0. The highest BCUT2D eigenvalue weighted by atomic mass is 16.3. The Morgan fingerprint density at radius 2 is 1.40 bits per heavy atom. The molecule has 0 aliphatic carbocycles. The van der Waals surface area contributed by atoms with Gasteiger partial charge in [0, 0.05) is 12.2 Å². The summed E-state index contributed by atoms with van der Waals surface area (Å²) in [5.41, 5.74) is 9.81. The van der Waals surface area contributed by atoms with E-state index in [0.717, 1.165) is 0 Å². The molecule has 0 bridgehead atoms. The van der Waals surface area contributed by atoms with Crippen molar-refractivity contribution in [3.05, 3.63) is 35.8 Å². The third-order valence-electron chi connectivity index (χ3n) is 1.47. The summed E-state index contributed by atoms with van der Waals surface area (Å²) < 4.78 is 5.20. The molecule has 1 heterocycles. The molecule has 1 aromatic rings. The van der Waals surface area contributed by atoms with Crippen LogP contribution in [0.4, 0.5) is 0 Å². The first-order chi connectivity index (χ1) is 7.08. The normalized spacial score (nSPS) is 11.2. The van der Waals surface area contributed by atoms with E-state index in [2.05, 4.69) is 0 Å². The maximum Gasteiger partial charge on any atom is 0.241 e. The van der Waals surface area contributed by atoms with Gasteiger partial charge in [-0.05, 0) is 24.3 Å². The molecule has 1 rings (SSSR count). The van der Waals surface area contributed by atoms with Crippen molar-refractivity contribution >= 4 is 24.0 Å².